The molecule has 0 aliphatic heterocycles. The van der Waals surface area contributed by atoms with E-state index in [0.717, 1.165) is 6.42 Å². The average Bonchev–Trinajstić information content (AvgIpc) is 2.36. The van der Waals surface area contributed by atoms with Crippen LogP contribution in [0.5, 0.6) is 0 Å². The monoisotopic (exact) mass is 218 g/mol. The van der Waals surface area contributed by atoms with E-state index in [9.17, 15) is 0 Å². The summed E-state index contributed by atoms with van der Waals surface area (Å²) in [5.74, 6) is 0. The number of rotatable bonds is 0. The summed E-state index contributed by atoms with van der Waals surface area (Å²) in [5.41, 5.74) is 1.21. The van der Waals surface area contributed by atoms with Gasteiger partial charge in [-0.2, -0.15) is 0 Å². The number of alkyl halides is 1. The van der Waals surface area contributed by atoms with Crippen LogP contribution in [0.3, 0.4) is 0 Å². The SMILES string of the molecule is BrC1CCCc2nnsc21. The van der Waals surface area contributed by atoms with E-state index in [4.69, 9.17) is 0 Å². The van der Waals surface area contributed by atoms with Gasteiger partial charge < -0.3 is 0 Å². The lowest BCUT2D eigenvalue weighted by atomic mass is 10.0. The first-order valence-electron chi connectivity index (χ1n) is 3.33. The van der Waals surface area contributed by atoms with Gasteiger partial charge in [0.15, 0.2) is 0 Å². The second-order valence-corrected chi connectivity index (χ2v) is 4.33. The largest absolute Gasteiger partial charge is 0.143 e. The van der Waals surface area contributed by atoms with Crippen LogP contribution in [0.15, 0.2) is 0 Å². The maximum absolute atomic E-state index is 4.05. The third kappa shape index (κ3) is 0.992. The van der Waals surface area contributed by atoms with Crippen molar-refractivity contribution in [3.8, 4) is 0 Å². The summed E-state index contributed by atoms with van der Waals surface area (Å²) in [4.78, 5) is 1.86. The van der Waals surface area contributed by atoms with Gasteiger partial charge in [0, 0.05) is 0 Å². The van der Waals surface area contributed by atoms with Crippen LogP contribution in [-0.2, 0) is 6.42 Å². The van der Waals surface area contributed by atoms with Crippen molar-refractivity contribution in [2.75, 3.05) is 0 Å². The van der Waals surface area contributed by atoms with E-state index in [1.807, 2.05) is 0 Å². The molecule has 0 amide bonds. The van der Waals surface area contributed by atoms with Crippen molar-refractivity contribution < 1.29 is 0 Å². The molecule has 0 saturated heterocycles. The van der Waals surface area contributed by atoms with Crippen molar-refractivity contribution >= 4 is 27.5 Å². The molecular formula is C6H7BrN2S. The predicted molar refractivity (Wildman–Crippen MR) is 44.5 cm³/mol. The van der Waals surface area contributed by atoms with Gasteiger partial charge >= 0.3 is 0 Å². The van der Waals surface area contributed by atoms with Crippen LogP contribution in [0, 0.1) is 0 Å². The first kappa shape index (κ1) is 6.73. The minimum Gasteiger partial charge on any atom is -0.143 e. The molecule has 0 saturated carbocycles. The van der Waals surface area contributed by atoms with Crippen LogP contribution in [0.4, 0.5) is 0 Å². The van der Waals surface area contributed by atoms with Gasteiger partial charge in [-0.25, -0.2) is 0 Å². The van der Waals surface area contributed by atoms with Crippen LogP contribution in [0.1, 0.15) is 28.2 Å². The van der Waals surface area contributed by atoms with E-state index in [1.165, 1.54) is 34.9 Å². The zero-order valence-electron chi connectivity index (χ0n) is 5.38. The highest BCUT2D eigenvalue weighted by atomic mass is 79.9. The Morgan fingerprint density at radius 2 is 2.50 bits per heavy atom. The summed E-state index contributed by atoms with van der Waals surface area (Å²) in [6.45, 7) is 0. The first-order chi connectivity index (χ1) is 4.88. The Morgan fingerprint density at radius 1 is 1.60 bits per heavy atom. The van der Waals surface area contributed by atoms with Gasteiger partial charge in [0.2, 0.25) is 0 Å². The smallest absolute Gasteiger partial charge is 0.0799 e. The van der Waals surface area contributed by atoms with Crippen LogP contribution >= 0.6 is 27.5 Å². The Labute approximate surface area is 71.9 Å². The maximum atomic E-state index is 4.05. The molecule has 4 heteroatoms. The van der Waals surface area contributed by atoms with E-state index < -0.39 is 0 Å². The molecule has 0 fully saturated rings. The molecule has 1 aliphatic carbocycles. The molecule has 2 nitrogen and oxygen atoms in total. The summed E-state index contributed by atoms with van der Waals surface area (Å²) in [6.07, 6.45) is 3.60. The van der Waals surface area contributed by atoms with Crippen LogP contribution in [0.25, 0.3) is 0 Å². The normalized spacial score (nSPS) is 24.3. The van der Waals surface area contributed by atoms with Crippen molar-refractivity contribution in [1.82, 2.24) is 9.59 Å². The van der Waals surface area contributed by atoms with Crippen LogP contribution < -0.4 is 0 Å². The lowest BCUT2D eigenvalue weighted by Crippen LogP contribution is -2.01. The predicted octanol–water partition coefficient (Wildman–Crippen LogP) is 2.31. The molecular weight excluding hydrogens is 212 g/mol. The Hall–Kier alpha value is 0.0400. The number of aromatic nitrogens is 2. The van der Waals surface area contributed by atoms with E-state index in [2.05, 4.69) is 25.5 Å². The van der Waals surface area contributed by atoms with Gasteiger partial charge in [0.1, 0.15) is 0 Å². The summed E-state index contributed by atoms with van der Waals surface area (Å²) in [7, 11) is 0. The van der Waals surface area contributed by atoms with Crippen LogP contribution in [-0.4, -0.2) is 9.59 Å². The Morgan fingerprint density at radius 3 is 3.30 bits per heavy atom. The van der Waals surface area contributed by atoms with Crippen molar-refractivity contribution in [3.05, 3.63) is 10.6 Å². The number of nitrogens with zero attached hydrogens (tertiary/aromatic N) is 2. The highest BCUT2D eigenvalue weighted by Gasteiger charge is 2.20. The van der Waals surface area contributed by atoms with Gasteiger partial charge in [0.05, 0.1) is 15.4 Å². The Kier molecular flexibility index (Phi) is 1.74. The molecule has 10 heavy (non-hydrogen) atoms. The van der Waals surface area contributed by atoms with Gasteiger partial charge in [-0.1, -0.05) is 20.4 Å². The zero-order chi connectivity index (χ0) is 6.97. The molecule has 0 bridgehead atoms. The van der Waals surface area contributed by atoms with Gasteiger partial charge in [0.25, 0.3) is 0 Å². The van der Waals surface area contributed by atoms with Crippen molar-refractivity contribution in [2.24, 2.45) is 0 Å². The molecule has 0 radical (unpaired) electrons. The maximum Gasteiger partial charge on any atom is 0.0799 e. The molecule has 1 unspecified atom stereocenters. The minimum absolute atomic E-state index is 0.524. The summed E-state index contributed by atoms with van der Waals surface area (Å²) >= 11 is 5.12. The molecule has 1 aliphatic rings. The highest BCUT2D eigenvalue weighted by Crippen LogP contribution is 2.36. The average molecular weight is 219 g/mol. The van der Waals surface area contributed by atoms with Gasteiger partial charge in [-0.3, -0.25) is 0 Å². The molecule has 1 aromatic heterocycles. The number of hydrogen-bond acceptors (Lipinski definition) is 3. The molecule has 0 aromatic carbocycles. The van der Waals surface area contributed by atoms with Crippen molar-refractivity contribution in [3.63, 3.8) is 0 Å². The number of fused-ring (bicyclic) bond motifs is 1. The number of hydrogen-bond donors (Lipinski definition) is 0. The fourth-order valence-corrected chi connectivity index (χ4v) is 2.75. The topological polar surface area (TPSA) is 25.8 Å². The van der Waals surface area contributed by atoms with Crippen molar-refractivity contribution in [2.45, 2.75) is 24.1 Å². The summed E-state index contributed by atoms with van der Waals surface area (Å²) in [6, 6.07) is 0. The molecule has 54 valence electrons. The van der Waals surface area contributed by atoms with Gasteiger partial charge in [-0.15, -0.1) is 5.10 Å². The molecule has 1 atom stereocenters. The molecule has 0 N–H and O–H groups in total. The fourth-order valence-electron chi connectivity index (χ4n) is 1.21. The Bertz CT molecular complexity index is 235. The standard InChI is InChI=1S/C6H7BrN2S/c7-4-2-1-3-5-6(4)10-9-8-5/h4H,1-3H2. The number of halogens is 1. The second kappa shape index (κ2) is 2.58. The zero-order valence-corrected chi connectivity index (χ0v) is 7.78. The Balaban J connectivity index is 2.41. The lowest BCUT2D eigenvalue weighted by molar-refractivity contribution is 0.673. The lowest BCUT2D eigenvalue weighted by Gasteiger charge is -2.13. The molecule has 1 aromatic rings. The molecule has 0 spiro atoms. The first-order valence-corrected chi connectivity index (χ1v) is 5.02. The van der Waals surface area contributed by atoms with Crippen molar-refractivity contribution in [1.29, 1.82) is 0 Å². The third-order valence-corrected chi connectivity index (χ3v) is 3.84. The fraction of sp³-hybridized carbons (Fsp3) is 0.667. The van der Waals surface area contributed by atoms with E-state index in [-0.39, 0.29) is 0 Å². The van der Waals surface area contributed by atoms with E-state index in [1.54, 1.807) is 0 Å². The summed E-state index contributed by atoms with van der Waals surface area (Å²) in [5, 5.41) is 4.05. The second-order valence-electron chi connectivity index (χ2n) is 2.44. The quantitative estimate of drug-likeness (QED) is 0.625. The summed E-state index contributed by atoms with van der Waals surface area (Å²) < 4.78 is 3.92. The number of aryl methyl sites for hydroxylation is 1. The third-order valence-electron chi connectivity index (χ3n) is 1.74. The molecule has 1 heterocycles. The molecule has 2 rings (SSSR count). The van der Waals surface area contributed by atoms with Gasteiger partial charge in [-0.05, 0) is 30.8 Å². The van der Waals surface area contributed by atoms with E-state index in [0.29, 0.717) is 4.83 Å². The van der Waals surface area contributed by atoms with E-state index >= 15 is 0 Å². The minimum atomic E-state index is 0.524. The van der Waals surface area contributed by atoms with Crippen LogP contribution in [0.2, 0.25) is 0 Å². The highest BCUT2D eigenvalue weighted by molar-refractivity contribution is 9.09.